The molecular formula is C12H16N2O3. The standard InChI is InChI=1S/C12H16N2O3/c1-2-17-12(16)9-11(15)14-8-6-10-5-3-4-7-13-10/h3-5,7H,2,6,8-9H2,1H3,(H,14,15). The van der Waals surface area contributed by atoms with Crippen LogP contribution in [0.4, 0.5) is 0 Å². The fraction of sp³-hybridized carbons (Fsp3) is 0.417. The summed E-state index contributed by atoms with van der Waals surface area (Å²) in [4.78, 5) is 26.4. The Bertz CT molecular complexity index is 365. The van der Waals surface area contributed by atoms with Crippen LogP contribution in [0.15, 0.2) is 24.4 Å². The van der Waals surface area contributed by atoms with Crippen LogP contribution in [0, 0.1) is 0 Å². The van der Waals surface area contributed by atoms with Crippen LogP contribution in [0.5, 0.6) is 0 Å². The highest BCUT2D eigenvalue weighted by molar-refractivity contribution is 5.94. The number of esters is 1. The van der Waals surface area contributed by atoms with Gasteiger partial charge in [0.25, 0.3) is 0 Å². The van der Waals surface area contributed by atoms with Crippen molar-refractivity contribution in [3.8, 4) is 0 Å². The van der Waals surface area contributed by atoms with Gasteiger partial charge in [0, 0.05) is 24.9 Å². The molecule has 1 aromatic rings. The van der Waals surface area contributed by atoms with Crippen LogP contribution < -0.4 is 5.32 Å². The maximum atomic E-state index is 11.3. The maximum Gasteiger partial charge on any atom is 0.315 e. The lowest BCUT2D eigenvalue weighted by Crippen LogP contribution is -2.28. The van der Waals surface area contributed by atoms with Crippen molar-refractivity contribution in [1.29, 1.82) is 0 Å². The molecule has 0 fully saturated rings. The van der Waals surface area contributed by atoms with Crippen LogP contribution in [0.1, 0.15) is 19.0 Å². The Labute approximate surface area is 100 Å². The predicted octanol–water partition coefficient (Wildman–Crippen LogP) is 0.693. The molecule has 0 saturated carbocycles. The minimum atomic E-state index is -0.497. The number of amides is 1. The zero-order valence-corrected chi connectivity index (χ0v) is 9.81. The Balaban J connectivity index is 2.18. The van der Waals surface area contributed by atoms with Gasteiger partial charge in [0.2, 0.25) is 5.91 Å². The summed E-state index contributed by atoms with van der Waals surface area (Å²) in [7, 11) is 0. The van der Waals surface area contributed by atoms with Gasteiger partial charge in [-0.05, 0) is 19.1 Å². The molecule has 5 heteroatoms. The van der Waals surface area contributed by atoms with E-state index in [1.54, 1.807) is 13.1 Å². The van der Waals surface area contributed by atoms with E-state index in [-0.39, 0.29) is 12.3 Å². The third-order valence-corrected chi connectivity index (χ3v) is 2.04. The van der Waals surface area contributed by atoms with Crippen LogP contribution in [0.2, 0.25) is 0 Å². The molecule has 0 aliphatic carbocycles. The van der Waals surface area contributed by atoms with Crippen molar-refractivity contribution in [3.63, 3.8) is 0 Å². The van der Waals surface area contributed by atoms with E-state index in [2.05, 4.69) is 15.0 Å². The third-order valence-electron chi connectivity index (χ3n) is 2.04. The van der Waals surface area contributed by atoms with Crippen molar-refractivity contribution >= 4 is 11.9 Å². The quantitative estimate of drug-likeness (QED) is 0.583. The van der Waals surface area contributed by atoms with Gasteiger partial charge in [-0.25, -0.2) is 0 Å². The molecule has 1 rings (SSSR count). The second kappa shape index (κ2) is 7.38. The van der Waals surface area contributed by atoms with Crippen LogP contribution in [-0.4, -0.2) is 30.0 Å². The number of hydrogen-bond donors (Lipinski definition) is 1. The average Bonchev–Trinajstić information content (AvgIpc) is 2.30. The number of carbonyl (C=O) groups is 2. The van der Waals surface area contributed by atoms with Gasteiger partial charge < -0.3 is 10.1 Å². The molecule has 0 aliphatic rings. The minimum absolute atomic E-state index is 0.226. The van der Waals surface area contributed by atoms with Crippen molar-refractivity contribution in [3.05, 3.63) is 30.1 Å². The second-order valence-corrected chi connectivity index (χ2v) is 3.40. The second-order valence-electron chi connectivity index (χ2n) is 3.40. The molecule has 17 heavy (non-hydrogen) atoms. The molecular weight excluding hydrogens is 220 g/mol. The minimum Gasteiger partial charge on any atom is -0.466 e. The van der Waals surface area contributed by atoms with Crippen molar-refractivity contribution in [2.45, 2.75) is 19.8 Å². The van der Waals surface area contributed by atoms with Crippen molar-refractivity contribution in [2.75, 3.05) is 13.2 Å². The molecule has 0 saturated heterocycles. The summed E-state index contributed by atoms with van der Waals surface area (Å²) in [5.74, 6) is -0.817. The Hall–Kier alpha value is -1.91. The molecule has 5 nitrogen and oxygen atoms in total. The van der Waals surface area contributed by atoms with Gasteiger partial charge in [0.05, 0.1) is 6.61 Å². The van der Waals surface area contributed by atoms with E-state index < -0.39 is 5.97 Å². The SMILES string of the molecule is CCOC(=O)CC(=O)NCCc1ccccn1. The first-order valence-electron chi connectivity index (χ1n) is 5.54. The highest BCUT2D eigenvalue weighted by atomic mass is 16.5. The molecule has 1 amide bonds. The summed E-state index contributed by atoms with van der Waals surface area (Å²) in [6.07, 6.45) is 2.13. The summed E-state index contributed by atoms with van der Waals surface area (Å²) in [6, 6.07) is 5.61. The Morgan fingerprint density at radius 1 is 1.41 bits per heavy atom. The molecule has 0 spiro atoms. The summed E-state index contributed by atoms with van der Waals surface area (Å²) >= 11 is 0. The number of nitrogens with one attached hydrogen (secondary N) is 1. The normalized spacial score (nSPS) is 9.71. The average molecular weight is 236 g/mol. The van der Waals surface area contributed by atoms with Crippen LogP contribution in [0.25, 0.3) is 0 Å². The van der Waals surface area contributed by atoms with Gasteiger partial charge >= 0.3 is 5.97 Å². The number of ether oxygens (including phenoxy) is 1. The van der Waals surface area contributed by atoms with Crippen molar-refractivity contribution < 1.29 is 14.3 Å². The number of aromatic nitrogens is 1. The number of rotatable bonds is 6. The lowest BCUT2D eigenvalue weighted by molar-refractivity contribution is -0.145. The number of pyridine rings is 1. The molecule has 0 atom stereocenters. The number of nitrogens with zero attached hydrogens (tertiary/aromatic N) is 1. The monoisotopic (exact) mass is 236 g/mol. The van der Waals surface area contributed by atoms with Gasteiger partial charge in [-0.1, -0.05) is 6.07 Å². The van der Waals surface area contributed by atoms with Gasteiger partial charge in [-0.3, -0.25) is 14.6 Å². The summed E-state index contributed by atoms with van der Waals surface area (Å²) in [5.41, 5.74) is 0.906. The predicted molar refractivity (Wildman–Crippen MR) is 62.2 cm³/mol. The van der Waals surface area contributed by atoms with E-state index in [1.165, 1.54) is 0 Å². The summed E-state index contributed by atoms with van der Waals surface area (Å²) < 4.78 is 4.67. The largest absolute Gasteiger partial charge is 0.466 e. The first-order chi connectivity index (χ1) is 8.22. The van der Waals surface area contributed by atoms with E-state index in [0.29, 0.717) is 19.6 Å². The van der Waals surface area contributed by atoms with Crippen LogP contribution in [0.3, 0.4) is 0 Å². The van der Waals surface area contributed by atoms with Gasteiger partial charge in [-0.2, -0.15) is 0 Å². The van der Waals surface area contributed by atoms with Crippen molar-refractivity contribution in [1.82, 2.24) is 10.3 Å². The molecule has 1 N–H and O–H groups in total. The van der Waals surface area contributed by atoms with E-state index in [9.17, 15) is 9.59 Å². The Kier molecular flexibility index (Phi) is 5.71. The molecule has 1 aromatic heterocycles. The smallest absolute Gasteiger partial charge is 0.315 e. The maximum absolute atomic E-state index is 11.3. The van der Waals surface area contributed by atoms with Gasteiger partial charge in [0.15, 0.2) is 0 Å². The summed E-state index contributed by atoms with van der Waals surface area (Å²) in [6.45, 7) is 2.46. The lowest BCUT2D eigenvalue weighted by atomic mass is 10.2. The Morgan fingerprint density at radius 2 is 2.24 bits per heavy atom. The molecule has 92 valence electrons. The van der Waals surface area contributed by atoms with E-state index >= 15 is 0 Å². The van der Waals surface area contributed by atoms with E-state index in [4.69, 9.17) is 0 Å². The molecule has 0 aliphatic heterocycles. The molecule has 0 unspecified atom stereocenters. The lowest BCUT2D eigenvalue weighted by Gasteiger charge is -2.04. The van der Waals surface area contributed by atoms with Gasteiger partial charge in [-0.15, -0.1) is 0 Å². The van der Waals surface area contributed by atoms with Crippen LogP contribution >= 0.6 is 0 Å². The number of hydrogen-bond acceptors (Lipinski definition) is 4. The summed E-state index contributed by atoms with van der Waals surface area (Å²) in [5, 5.41) is 2.64. The highest BCUT2D eigenvalue weighted by Gasteiger charge is 2.09. The van der Waals surface area contributed by atoms with Crippen molar-refractivity contribution in [2.24, 2.45) is 0 Å². The topological polar surface area (TPSA) is 68.3 Å². The van der Waals surface area contributed by atoms with Gasteiger partial charge in [0.1, 0.15) is 6.42 Å². The fourth-order valence-electron chi connectivity index (χ4n) is 1.28. The molecule has 1 heterocycles. The zero-order chi connectivity index (χ0) is 12.5. The van der Waals surface area contributed by atoms with E-state index in [1.807, 2.05) is 18.2 Å². The Morgan fingerprint density at radius 3 is 2.88 bits per heavy atom. The highest BCUT2D eigenvalue weighted by Crippen LogP contribution is 1.93. The molecule has 0 aromatic carbocycles. The first-order valence-corrected chi connectivity index (χ1v) is 5.54. The molecule has 0 bridgehead atoms. The van der Waals surface area contributed by atoms with Crippen LogP contribution in [-0.2, 0) is 20.7 Å². The zero-order valence-electron chi connectivity index (χ0n) is 9.81. The molecule has 0 radical (unpaired) electrons. The number of carbonyl (C=O) groups excluding carboxylic acids is 2. The van der Waals surface area contributed by atoms with E-state index in [0.717, 1.165) is 5.69 Å². The first kappa shape index (κ1) is 13.2. The fourth-order valence-corrected chi connectivity index (χ4v) is 1.28. The third kappa shape index (κ3) is 5.65.